The van der Waals surface area contributed by atoms with Crippen LogP contribution in [-0.4, -0.2) is 12.2 Å². The summed E-state index contributed by atoms with van der Waals surface area (Å²) in [5.41, 5.74) is 0.794. The predicted octanol–water partition coefficient (Wildman–Crippen LogP) is 1.44. The Morgan fingerprint density at radius 2 is 1.86 bits per heavy atom. The van der Waals surface area contributed by atoms with Gasteiger partial charge >= 0.3 is 0 Å². The van der Waals surface area contributed by atoms with E-state index in [0.717, 1.165) is 5.57 Å². The molecule has 2 heteroatoms. The molecule has 0 saturated heterocycles. The fourth-order valence-electron chi connectivity index (χ4n) is 0.204. The van der Waals surface area contributed by atoms with Crippen LogP contribution in [0.4, 0.5) is 0 Å². The third-order valence-corrected chi connectivity index (χ3v) is 0.621. The first-order chi connectivity index (χ1) is 3.18. The number of ether oxygens (including phenoxy) is 1. The molecular weight excluding hydrogens is 92.1 g/mol. The molecule has 0 amide bonds. The quantitative estimate of drug-likeness (QED) is 0.507. The fourth-order valence-corrected chi connectivity index (χ4v) is 0.204. The van der Waals surface area contributed by atoms with E-state index in [9.17, 15) is 0 Å². The Kier molecular flexibility index (Phi) is 2.27. The minimum absolute atomic E-state index is 0.0139. The molecule has 0 spiro atoms. The van der Waals surface area contributed by atoms with E-state index in [1.54, 1.807) is 13.8 Å². The summed E-state index contributed by atoms with van der Waals surface area (Å²) in [4.78, 5) is 0. The average Bonchev–Trinajstić information content (AvgIpc) is 1.65. The third kappa shape index (κ3) is 2.09. The Balaban J connectivity index is 3.72. The molecule has 0 fully saturated rings. The second kappa shape index (κ2) is 2.50. The smallest absolute Gasteiger partial charge is 0.274 e. The van der Waals surface area contributed by atoms with E-state index in [2.05, 4.69) is 4.74 Å². The maximum Gasteiger partial charge on any atom is 0.274 e. The summed E-state index contributed by atoms with van der Waals surface area (Å²) in [6, 6.07) is 0. The summed E-state index contributed by atoms with van der Waals surface area (Å²) in [6.07, 6.45) is 0. The van der Waals surface area contributed by atoms with Gasteiger partial charge in [0.15, 0.2) is 0 Å². The number of rotatable bonds is 1. The van der Waals surface area contributed by atoms with Crippen molar-refractivity contribution in [3.05, 3.63) is 11.5 Å². The van der Waals surface area contributed by atoms with E-state index in [1.807, 2.05) is 0 Å². The van der Waals surface area contributed by atoms with Gasteiger partial charge in [-0.25, -0.2) is 0 Å². The monoisotopic (exact) mass is 102 g/mol. The molecular formula is C5H10O2. The largest absolute Gasteiger partial charge is 0.481 e. The van der Waals surface area contributed by atoms with E-state index in [4.69, 9.17) is 5.11 Å². The van der Waals surface area contributed by atoms with Crippen LogP contribution in [0, 0.1) is 0 Å². The first-order valence-corrected chi connectivity index (χ1v) is 2.09. The third-order valence-electron chi connectivity index (χ3n) is 0.621. The first kappa shape index (κ1) is 6.34. The number of hydrogen-bond donors (Lipinski definition) is 1. The summed E-state index contributed by atoms with van der Waals surface area (Å²) in [5.74, 6) is 0.0139. The van der Waals surface area contributed by atoms with Gasteiger partial charge in [-0.3, -0.25) is 0 Å². The van der Waals surface area contributed by atoms with Crippen LogP contribution in [0.2, 0.25) is 0 Å². The molecule has 2 nitrogen and oxygen atoms in total. The second-order valence-electron chi connectivity index (χ2n) is 1.51. The number of aliphatic hydroxyl groups excluding tert-OH is 1. The molecule has 0 atom stereocenters. The van der Waals surface area contributed by atoms with Crippen LogP contribution in [-0.2, 0) is 4.74 Å². The highest BCUT2D eigenvalue weighted by Gasteiger charge is 1.87. The molecule has 0 aliphatic heterocycles. The molecule has 42 valence electrons. The van der Waals surface area contributed by atoms with Crippen LogP contribution in [0.25, 0.3) is 0 Å². The lowest BCUT2D eigenvalue weighted by Gasteiger charge is -1.95. The van der Waals surface area contributed by atoms with Crippen molar-refractivity contribution in [3.8, 4) is 0 Å². The highest BCUT2D eigenvalue weighted by atomic mass is 16.6. The highest BCUT2D eigenvalue weighted by molar-refractivity contribution is 4.92. The van der Waals surface area contributed by atoms with Gasteiger partial charge in [-0.1, -0.05) is 0 Å². The fraction of sp³-hybridized carbons (Fsp3) is 0.600. The molecule has 0 aromatic carbocycles. The van der Waals surface area contributed by atoms with Crippen molar-refractivity contribution in [3.63, 3.8) is 0 Å². The standard InChI is InChI=1S/C5H10O2/c1-4(2)5(6)7-3/h6H,1-3H3. The first-order valence-electron chi connectivity index (χ1n) is 2.09. The summed E-state index contributed by atoms with van der Waals surface area (Å²) >= 11 is 0. The molecule has 7 heavy (non-hydrogen) atoms. The minimum Gasteiger partial charge on any atom is -0.481 e. The Bertz CT molecular complexity index is 80.1. The number of methoxy groups -OCH3 is 1. The van der Waals surface area contributed by atoms with Gasteiger partial charge in [-0.15, -0.1) is 0 Å². The summed E-state index contributed by atoms with van der Waals surface area (Å²) in [5, 5.41) is 8.59. The predicted molar refractivity (Wildman–Crippen MR) is 28.0 cm³/mol. The van der Waals surface area contributed by atoms with Crippen molar-refractivity contribution < 1.29 is 9.84 Å². The molecule has 0 heterocycles. The van der Waals surface area contributed by atoms with Gasteiger partial charge < -0.3 is 9.84 Å². The second-order valence-corrected chi connectivity index (χ2v) is 1.51. The van der Waals surface area contributed by atoms with Crippen molar-refractivity contribution in [2.24, 2.45) is 0 Å². The molecule has 0 unspecified atom stereocenters. The lowest BCUT2D eigenvalue weighted by atomic mass is 10.4. The van der Waals surface area contributed by atoms with Gasteiger partial charge in [-0.05, 0) is 13.8 Å². The Hall–Kier alpha value is -0.660. The molecule has 0 rings (SSSR count). The number of allylic oxidation sites excluding steroid dienone is 1. The molecule has 0 bridgehead atoms. The topological polar surface area (TPSA) is 29.5 Å². The van der Waals surface area contributed by atoms with Gasteiger partial charge in [-0.2, -0.15) is 0 Å². The van der Waals surface area contributed by atoms with E-state index >= 15 is 0 Å². The Morgan fingerprint density at radius 3 is 1.86 bits per heavy atom. The summed E-state index contributed by atoms with van der Waals surface area (Å²) in [6.45, 7) is 3.55. The molecule has 0 aliphatic carbocycles. The maximum absolute atomic E-state index is 8.59. The summed E-state index contributed by atoms with van der Waals surface area (Å²) in [7, 11) is 1.43. The van der Waals surface area contributed by atoms with Crippen molar-refractivity contribution in [1.82, 2.24) is 0 Å². The normalized spacial score (nSPS) is 7.86. The van der Waals surface area contributed by atoms with Crippen molar-refractivity contribution >= 4 is 0 Å². The molecule has 0 radical (unpaired) electrons. The van der Waals surface area contributed by atoms with E-state index < -0.39 is 0 Å². The van der Waals surface area contributed by atoms with Gasteiger partial charge in [0, 0.05) is 5.57 Å². The van der Waals surface area contributed by atoms with Crippen molar-refractivity contribution in [2.75, 3.05) is 7.11 Å². The highest BCUT2D eigenvalue weighted by Crippen LogP contribution is 1.96. The van der Waals surface area contributed by atoms with Crippen LogP contribution < -0.4 is 0 Å². The van der Waals surface area contributed by atoms with E-state index in [-0.39, 0.29) is 5.95 Å². The zero-order valence-corrected chi connectivity index (χ0v) is 4.86. The lowest BCUT2D eigenvalue weighted by Crippen LogP contribution is -1.84. The van der Waals surface area contributed by atoms with Crippen LogP contribution in [0.5, 0.6) is 0 Å². The van der Waals surface area contributed by atoms with Crippen LogP contribution in [0.1, 0.15) is 13.8 Å². The van der Waals surface area contributed by atoms with Gasteiger partial charge in [0.2, 0.25) is 0 Å². The number of aliphatic hydroxyl groups is 1. The van der Waals surface area contributed by atoms with Crippen molar-refractivity contribution in [2.45, 2.75) is 13.8 Å². The summed E-state index contributed by atoms with van der Waals surface area (Å²) < 4.78 is 4.45. The molecule has 0 aliphatic rings. The van der Waals surface area contributed by atoms with E-state index in [1.165, 1.54) is 7.11 Å². The van der Waals surface area contributed by atoms with Crippen LogP contribution >= 0.6 is 0 Å². The lowest BCUT2D eigenvalue weighted by molar-refractivity contribution is 0.131. The van der Waals surface area contributed by atoms with Gasteiger partial charge in [0.05, 0.1) is 7.11 Å². The Labute approximate surface area is 43.4 Å². The SMILES string of the molecule is COC(O)=C(C)C. The van der Waals surface area contributed by atoms with E-state index in [0.29, 0.717) is 0 Å². The number of hydrogen-bond acceptors (Lipinski definition) is 2. The van der Waals surface area contributed by atoms with Crippen LogP contribution in [0.15, 0.2) is 11.5 Å². The zero-order chi connectivity index (χ0) is 5.86. The Morgan fingerprint density at radius 1 is 1.43 bits per heavy atom. The maximum atomic E-state index is 8.59. The van der Waals surface area contributed by atoms with Gasteiger partial charge in [0.1, 0.15) is 0 Å². The van der Waals surface area contributed by atoms with Gasteiger partial charge in [0.25, 0.3) is 5.95 Å². The molecule has 0 aromatic rings. The molecule has 0 saturated carbocycles. The average molecular weight is 102 g/mol. The zero-order valence-electron chi connectivity index (χ0n) is 4.86. The molecule has 0 aromatic heterocycles. The van der Waals surface area contributed by atoms with Crippen molar-refractivity contribution in [1.29, 1.82) is 0 Å². The minimum atomic E-state index is 0.0139. The van der Waals surface area contributed by atoms with Crippen LogP contribution in [0.3, 0.4) is 0 Å². The molecule has 1 N–H and O–H groups in total.